The number of carbonyl (C=O) groups is 1. The van der Waals surface area contributed by atoms with Gasteiger partial charge in [-0.05, 0) is 106 Å². The van der Waals surface area contributed by atoms with Crippen LogP contribution >= 0.6 is 11.3 Å². The van der Waals surface area contributed by atoms with Crippen LogP contribution in [0.2, 0.25) is 0 Å². The molecule has 1 aromatic carbocycles. The molecule has 1 aliphatic heterocycles. The van der Waals surface area contributed by atoms with Gasteiger partial charge in [-0.3, -0.25) is 4.90 Å². The third kappa shape index (κ3) is 4.21. The molecule has 1 saturated carbocycles. The second-order valence-electron chi connectivity index (χ2n) is 11.8. The highest BCUT2D eigenvalue weighted by molar-refractivity contribution is 7.18. The van der Waals surface area contributed by atoms with E-state index in [1.807, 2.05) is 33.0 Å². The molecule has 0 bridgehead atoms. The number of nitrogens with one attached hydrogen (secondary N) is 1. The second-order valence-corrected chi connectivity index (χ2v) is 12.9. The standard InChI is InChI=1S/C29H35N3O3S/c1-28(2,3)35-27(34)32-14-6-7-22(32)26-30-17-21(31-26)25-11-10-24(36-25)18-8-9-23(33)20-16-29(15-19(18)20)12-4-5-13-29/h8-11,17,22,33H,4-7,12-16H2,1-3H3,(H,30,31)/t22-/m0/s1. The number of thiophene rings is 1. The first-order valence-corrected chi connectivity index (χ1v) is 14.0. The third-order valence-corrected chi connectivity index (χ3v) is 9.25. The lowest BCUT2D eigenvalue weighted by Crippen LogP contribution is -2.36. The van der Waals surface area contributed by atoms with E-state index in [4.69, 9.17) is 4.74 Å². The SMILES string of the molecule is CC(C)(C)OC(=O)N1CCC[C@H]1c1ncc(-c2ccc(-c3ccc(O)c4c3CC3(CCCC3)C4)s2)[nH]1. The number of hydrogen-bond acceptors (Lipinski definition) is 5. The highest BCUT2D eigenvalue weighted by Gasteiger charge is 2.42. The monoisotopic (exact) mass is 505 g/mol. The van der Waals surface area contributed by atoms with Crippen molar-refractivity contribution in [1.29, 1.82) is 0 Å². The van der Waals surface area contributed by atoms with Crippen molar-refractivity contribution >= 4 is 17.4 Å². The van der Waals surface area contributed by atoms with Crippen LogP contribution in [0.4, 0.5) is 4.79 Å². The average molecular weight is 506 g/mol. The molecule has 2 fully saturated rings. The predicted molar refractivity (Wildman–Crippen MR) is 142 cm³/mol. The molecule has 1 spiro atoms. The Balaban J connectivity index is 1.24. The zero-order chi connectivity index (χ0) is 25.1. The Labute approximate surface area is 216 Å². The van der Waals surface area contributed by atoms with Crippen LogP contribution in [0.3, 0.4) is 0 Å². The summed E-state index contributed by atoms with van der Waals surface area (Å²) in [5, 5.41) is 10.6. The van der Waals surface area contributed by atoms with Crippen molar-refractivity contribution in [3.05, 3.63) is 47.4 Å². The number of ether oxygens (including phenoxy) is 1. The molecule has 190 valence electrons. The molecule has 1 amide bonds. The first kappa shape index (κ1) is 23.6. The molecule has 6 nitrogen and oxygen atoms in total. The number of likely N-dealkylation sites (tertiary alicyclic amines) is 1. The van der Waals surface area contributed by atoms with Crippen LogP contribution in [0.15, 0.2) is 30.5 Å². The largest absolute Gasteiger partial charge is 0.508 e. The number of fused-ring (bicyclic) bond motifs is 1. The summed E-state index contributed by atoms with van der Waals surface area (Å²) < 4.78 is 5.63. The first-order chi connectivity index (χ1) is 17.2. The van der Waals surface area contributed by atoms with Gasteiger partial charge in [-0.25, -0.2) is 9.78 Å². The van der Waals surface area contributed by atoms with Crippen LogP contribution in [0.1, 0.15) is 82.3 Å². The molecule has 3 heterocycles. The van der Waals surface area contributed by atoms with Crippen LogP contribution in [0.25, 0.3) is 21.0 Å². The summed E-state index contributed by atoms with van der Waals surface area (Å²) in [5.41, 5.74) is 4.58. The average Bonchev–Trinajstić information content (AvgIpc) is 3.62. The number of benzene rings is 1. The van der Waals surface area contributed by atoms with E-state index in [0.29, 0.717) is 17.7 Å². The number of aromatic nitrogens is 2. The van der Waals surface area contributed by atoms with E-state index in [1.165, 1.54) is 41.7 Å². The quantitative estimate of drug-likeness (QED) is 0.393. The van der Waals surface area contributed by atoms with Gasteiger partial charge in [-0.2, -0.15) is 0 Å². The number of carbonyl (C=O) groups excluding carboxylic acids is 1. The van der Waals surface area contributed by atoms with E-state index >= 15 is 0 Å². The number of phenols is 1. The number of nitrogens with zero attached hydrogens (tertiary/aromatic N) is 2. The van der Waals surface area contributed by atoms with Crippen molar-refractivity contribution in [1.82, 2.24) is 14.9 Å². The van der Waals surface area contributed by atoms with Gasteiger partial charge in [0, 0.05) is 11.4 Å². The summed E-state index contributed by atoms with van der Waals surface area (Å²) >= 11 is 1.75. The first-order valence-electron chi connectivity index (χ1n) is 13.2. The molecule has 1 saturated heterocycles. The van der Waals surface area contributed by atoms with Crippen molar-refractivity contribution < 1.29 is 14.6 Å². The maximum absolute atomic E-state index is 12.7. The lowest BCUT2D eigenvalue weighted by Gasteiger charge is -2.27. The van der Waals surface area contributed by atoms with Crippen LogP contribution in [-0.2, 0) is 17.6 Å². The van der Waals surface area contributed by atoms with E-state index in [1.54, 1.807) is 16.2 Å². The number of hydrogen-bond donors (Lipinski definition) is 2. The molecule has 1 atom stereocenters. The van der Waals surface area contributed by atoms with E-state index in [-0.39, 0.29) is 12.1 Å². The zero-order valence-corrected chi connectivity index (χ0v) is 22.2. The Morgan fingerprint density at radius 3 is 2.64 bits per heavy atom. The highest BCUT2D eigenvalue weighted by atomic mass is 32.1. The summed E-state index contributed by atoms with van der Waals surface area (Å²) in [6.07, 6.45) is 10.7. The zero-order valence-electron chi connectivity index (χ0n) is 21.4. The number of aromatic hydroxyl groups is 1. The maximum atomic E-state index is 12.7. The predicted octanol–water partition coefficient (Wildman–Crippen LogP) is 7.24. The highest BCUT2D eigenvalue weighted by Crippen LogP contribution is 2.53. The van der Waals surface area contributed by atoms with E-state index in [0.717, 1.165) is 47.6 Å². The molecule has 3 aliphatic rings. The minimum absolute atomic E-state index is 0.0870. The Hall–Kier alpha value is -2.80. The minimum Gasteiger partial charge on any atom is -0.508 e. The van der Waals surface area contributed by atoms with Crippen molar-refractivity contribution in [3.8, 4) is 26.8 Å². The molecule has 2 N–H and O–H groups in total. The molecule has 2 aromatic heterocycles. The van der Waals surface area contributed by atoms with Gasteiger partial charge in [0.2, 0.25) is 0 Å². The maximum Gasteiger partial charge on any atom is 0.410 e. The van der Waals surface area contributed by atoms with Crippen LogP contribution in [0.5, 0.6) is 5.75 Å². The second kappa shape index (κ2) is 8.65. The molecule has 6 rings (SSSR count). The number of phenolic OH excluding ortho intramolecular Hbond substituents is 1. The Bertz CT molecular complexity index is 1300. The van der Waals surface area contributed by atoms with Gasteiger partial charge in [-0.1, -0.05) is 12.8 Å². The Kier molecular flexibility index (Phi) is 5.67. The van der Waals surface area contributed by atoms with E-state index in [2.05, 4.69) is 28.2 Å². The normalized spacial score (nSPS) is 20.9. The number of H-pyrrole nitrogens is 1. The number of amides is 1. The number of aromatic amines is 1. The molecular formula is C29H35N3O3S. The van der Waals surface area contributed by atoms with E-state index < -0.39 is 5.60 Å². The summed E-state index contributed by atoms with van der Waals surface area (Å²) in [4.78, 5) is 25.1. The summed E-state index contributed by atoms with van der Waals surface area (Å²) in [5.74, 6) is 1.27. The lowest BCUT2D eigenvalue weighted by atomic mass is 9.83. The van der Waals surface area contributed by atoms with E-state index in [9.17, 15) is 9.90 Å². The summed E-state index contributed by atoms with van der Waals surface area (Å²) in [7, 11) is 0. The molecular weight excluding hydrogens is 470 g/mol. The van der Waals surface area contributed by atoms with Gasteiger partial charge < -0.3 is 14.8 Å². The lowest BCUT2D eigenvalue weighted by molar-refractivity contribution is 0.0218. The number of rotatable bonds is 3. The molecule has 3 aromatic rings. The van der Waals surface area contributed by atoms with Crippen LogP contribution in [-0.4, -0.2) is 38.2 Å². The van der Waals surface area contributed by atoms with Gasteiger partial charge in [0.15, 0.2) is 0 Å². The van der Waals surface area contributed by atoms with Gasteiger partial charge >= 0.3 is 6.09 Å². The van der Waals surface area contributed by atoms with Crippen molar-refractivity contribution in [2.45, 2.75) is 83.8 Å². The van der Waals surface area contributed by atoms with Crippen molar-refractivity contribution in [2.75, 3.05) is 6.54 Å². The van der Waals surface area contributed by atoms with Gasteiger partial charge in [0.05, 0.1) is 22.8 Å². The Morgan fingerprint density at radius 2 is 1.86 bits per heavy atom. The van der Waals surface area contributed by atoms with Crippen molar-refractivity contribution in [3.63, 3.8) is 0 Å². The summed E-state index contributed by atoms with van der Waals surface area (Å²) in [6.45, 7) is 6.37. The molecule has 0 unspecified atom stereocenters. The fraction of sp³-hybridized carbons (Fsp3) is 0.517. The van der Waals surface area contributed by atoms with Crippen molar-refractivity contribution in [2.24, 2.45) is 5.41 Å². The fourth-order valence-electron chi connectivity index (χ4n) is 6.45. The molecule has 36 heavy (non-hydrogen) atoms. The Morgan fingerprint density at radius 1 is 1.11 bits per heavy atom. The fourth-order valence-corrected chi connectivity index (χ4v) is 7.47. The molecule has 0 radical (unpaired) electrons. The van der Waals surface area contributed by atoms with Gasteiger partial charge in [-0.15, -0.1) is 11.3 Å². The van der Waals surface area contributed by atoms with Crippen LogP contribution < -0.4 is 0 Å². The third-order valence-electron chi connectivity index (χ3n) is 8.10. The number of imidazole rings is 1. The molecule has 2 aliphatic carbocycles. The summed E-state index contributed by atoms with van der Waals surface area (Å²) in [6, 6.07) is 8.22. The minimum atomic E-state index is -0.516. The van der Waals surface area contributed by atoms with Gasteiger partial charge in [0.25, 0.3) is 0 Å². The topological polar surface area (TPSA) is 78.4 Å². The van der Waals surface area contributed by atoms with Gasteiger partial charge in [0.1, 0.15) is 17.2 Å². The molecule has 7 heteroatoms. The smallest absolute Gasteiger partial charge is 0.410 e. The van der Waals surface area contributed by atoms with Crippen LogP contribution in [0, 0.1) is 5.41 Å².